The molecule has 13 heteroatoms. The fourth-order valence-corrected chi connectivity index (χ4v) is 11.5. The van der Waals surface area contributed by atoms with Crippen LogP contribution < -0.4 is 0 Å². The Morgan fingerprint density at radius 3 is 1.26 bits per heavy atom. The molecule has 5 atom stereocenters. The van der Waals surface area contributed by atoms with Crippen molar-refractivity contribution in [1.29, 1.82) is 5.26 Å². The van der Waals surface area contributed by atoms with Gasteiger partial charge in [-0.25, -0.2) is 0 Å². The first-order valence-electron chi connectivity index (χ1n) is 34.8. The van der Waals surface area contributed by atoms with Crippen LogP contribution in [0.2, 0.25) is 0 Å². The van der Waals surface area contributed by atoms with Crippen molar-refractivity contribution >= 4 is 23.9 Å². The van der Waals surface area contributed by atoms with E-state index in [9.17, 15) is 29.5 Å². The lowest BCUT2D eigenvalue weighted by Crippen LogP contribution is -2.36. The molecule has 0 aliphatic rings. The molecule has 0 heterocycles. The summed E-state index contributed by atoms with van der Waals surface area (Å²) in [6.45, 7) is 18.1. The third-order valence-corrected chi connectivity index (χ3v) is 17.0. The van der Waals surface area contributed by atoms with Crippen molar-refractivity contribution in [1.82, 2.24) is 0 Å². The number of hydrogen-bond donors (Lipinski definition) is 1. The van der Waals surface area contributed by atoms with Gasteiger partial charge in [-0.15, -0.1) is 0 Å². The van der Waals surface area contributed by atoms with Gasteiger partial charge in [0, 0.05) is 58.8 Å². The molecule has 2 rings (SSSR count). The first-order chi connectivity index (χ1) is 42.3. The number of rotatable bonds is 60. The molecule has 5 unspecified atom stereocenters. The van der Waals surface area contributed by atoms with E-state index in [0.717, 1.165) is 108 Å². The van der Waals surface area contributed by atoms with E-state index in [0.29, 0.717) is 45.5 Å². The Bertz CT molecular complexity index is 2030. The molecule has 0 radical (unpaired) electrons. The summed E-state index contributed by atoms with van der Waals surface area (Å²) in [6.07, 6.45) is 32.8. The number of aliphatic carboxylic acids is 1. The lowest BCUT2D eigenvalue weighted by molar-refractivity contribution is -0.159. The molecule has 0 spiro atoms. The third-order valence-electron chi connectivity index (χ3n) is 17.0. The second kappa shape index (κ2) is 52.4. The van der Waals surface area contributed by atoms with Gasteiger partial charge in [0.2, 0.25) is 0 Å². The van der Waals surface area contributed by atoms with E-state index in [1.807, 2.05) is 67.6 Å². The second-order valence-electron chi connectivity index (χ2n) is 25.6. The van der Waals surface area contributed by atoms with Gasteiger partial charge in [0.15, 0.2) is 0 Å². The van der Waals surface area contributed by atoms with Gasteiger partial charge in [-0.1, -0.05) is 197 Å². The number of nitrogens with zero attached hydrogens (tertiary/aromatic N) is 1. The van der Waals surface area contributed by atoms with Gasteiger partial charge in [-0.3, -0.25) is 19.2 Å². The van der Waals surface area contributed by atoms with Crippen LogP contribution in [-0.2, 0) is 58.9 Å². The minimum absolute atomic E-state index is 0.000166. The monoisotopic (exact) mass is 1220 g/mol. The Hall–Kier alpha value is -4.35. The summed E-state index contributed by atoms with van der Waals surface area (Å²) in [5.41, 5.74) is -0.399. The largest absolute Gasteiger partial charge is 0.481 e. The number of nitriles is 1. The molecule has 0 bridgehead atoms. The second-order valence-corrected chi connectivity index (χ2v) is 25.6. The van der Waals surface area contributed by atoms with Crippen molar-refractivity contribution in [3.63, 3.8) is 0 Å². The van der Waals surface area contributed by atoms with Gasteiger partial charge < -0.3 is 38.3 Å². The number of ether oxygens (including phenoxy) is 7. The standard InChI is InChI=1S/C74H123NO12/c1-7-10-12-14-16-18-20-22-24-32-46-81-47-34-35-48-82-49-36-37-50-83-51-38-39-52-84-53-40-41-55-86-71(79)73(4,5)59-68(70(78)85-54-33-25-23-21-19-17-15-13-11-8-2)57-67(69(76)77)56-64(61-75)58-74(6,60-65(9-3)66-44-30-27-31-45-66)72(80)87-62-63-42-28-26-29-43-63/h26-31,42-45,64-65,67-68H,7-25,32-41,46-60,62H2,1-6H3,(H,76,77). The van der Waals surface area contributed by atoms with Gasteiger partial charge >= 0.3 is 23.9 Å². The number of benzene rings is 2. The highest BCUT2D eigenvalue weighted by Crippen LogP contribution is 2.42. The summed E-state index contributed by atoms with van der Waals surface area (Å²) in [5.74, 6) is -5.65. The van der Waals surface area contributed by atoms with Crippen LogP contribution in [0.4, 0.5) is 0 Å². The molecule has 0 aliphatic carbocycles. The zero-order valence-corrected chi connectivity index (χ0v) is 55.8. The van der Waals surface area contributed by atoms with Crippen LogP contribution >= 0.6 is 0 Å². The molecule has 13 nitrogen and oxygen atoms in total. The van der Waals surface area contributed by atoms with Crippen LogP contribution in [0.25, 0.3) is 0 Å². The maximum Gasteiger partial charge on any atom is 0.312 e. The van der Waals surface area contributed by atoms with Crippen LogP contribution in [0, 0.1) is 39.9 Å². The molecule has 2 aromatic rings. The Morgan fingerprint density at radius 1 is 0.448 bits per heavy atom. The van der Waals surface area contributed by atoms with E-state index >= 15 is 0 Å². The summed E-state index contributed by atoms with van der Waals surface area (Å²) in [5, 5.41) is 21.5. The zero-order chi connectivity index (χ0) is 63.3. The van der Waals surface area contributed by atoms with Gasteiger partial charge in [0.1, 0.15) is 6.61 Å². The highest BCUT2D eigenvalue weighted by Gasteiger charge is 2.43. The average molecular weight is 1220 g/mol. The first-order valence-corrected chi connectivity index (χ1v) is 34.8. The molecule has 0 saturated carbocycles. The van der Waals surface area contributed by atoms with Crippen molar-refractivity contribution in [2.24, 2.45) is 28.6 Å². The summed E-state index contributed by atoms with van der Waals surface area (Å²) >= 11 is 0. The van der Waals surface area contributed by atoms with Crippen molar-refractivity contribution < 1.29 is 57.4 Å². The molecule has 87 heavy (non-hydrogen) atoms. The predicted molar refractivity (Wildman–Crippen MR) is 350 cm³/mol. The minimum atomic E-state index is -1.16. The molecule has 0 saturated heterocycles. The summed E-state index contributed by atoms with van der Waals surface area (Å²) in [4.78, 5) is 55.3. The molecule has 0 aliphatic heterocycles. The molecule has 1 N–H and O–H groups in total. The maximum absolute atomic E-state index is 14.2. The van der Waals surface area contributed by atoms with Crippen molar-refractivity contribution in [2.45, 2.75) is 272 Å². The van der Waals surface area contributed by atoms with E-state index in [4.69, 9.17) is 33.2 Å². The van der Waals surface area contributed by atoms with E-state index in [1.54, 1.807) is 13.8 Å². The Balaban J connectivity index is 1.83. The number of carbonyl (C=O) groups excluding carboxylic acids is 3. The molecule has 0 aromatic heterocycles. The number of esters is 3. The summed E-state index contributed by atoms with van der Waals surface area (Å²) in [7, 11) is 0. The van der Waals surface area contributed by atoms with Gasteiger partial charge in [-0.2, -0.15) is 5.26 Å². The number of carbonyl (C=O) groups is 4. The molecule has 496 valence electrons. The fraction of sp³-hybridized carbons (Fsp3) is 0.770. The third kappa shape index (κ3) is 40.1. The van der Waals surface area contributed by atoms with Crippen LogP contribution in [0.1, 0.15) is 277 Å². The highest BCUT2D eigenvalue weighted by molar-refractivity contribution is 5.79. The van der Waals surface area contributed by atoms with E-state index in [-0.39, 0.29) is 51.4 Å². The first kappa shape index (κ1) is 78.7. The lowest BCUT2D eigenvalue weighted by Gasteiger charge is -2.34. The van der Waals surface area contributed by atoms with Crippen LogP contribution in [0.15, 0.2) is 60.7 Å². The Kier molecular flexibility index (Phi) is 47.5. The number of carboxylic acids is 1. The lowest BCUT2D eigenvalue weighted by atomic mass is 9.70. The van der Waals surface area contributed by atoms with E-state index in [2.05, 4.69) is 26.8 Å². The SMILES string of the molecule is CCCCCCCCCCCCOCCCCOCCCCOCCCCOCCCCOC(=O)C(C)(C)CC(CC(CC(C#N)CC(C)(CC(CC)c1ccccc1)C(=O)OCc1ccccc1)C(=O)O)C(=O)OCCCCCCCCCCCC. The Morgan fingerprint density at radius 2 is 0.839 bits per heavy atom. The van der Waals surface area contributed by atoms with Gasteiger partial charge in [-0.05, 0) is 141 Å². The van der Waals surface area contributed by atoms with Crippen LogP contribution in [0.3, 0.4) is 0 Å². The number of carboxylic acid groups (broad SMARTS) is 1. The fourth-order valence-electron chi connectivity index (χ4n) is 11.5. The molecule has 0 fully saturated rings. The predicted octanol–water partition coefficient (Wildman–Crippen LogP) is 18.5. The summed E-state index contributed by atoms with van der Waals surface area (Å²) in [6, 6.07) is 21.7. The maximum atomic E-state index is 14.2. The van der Waals surface area contributed by atoms with Crippen molar-refractivity contribution in [2.75, 3.05) is 66.1 Å². The smallest absolute Gasteiger partial charge is 0.312 e. The molecule has 0 amide bonds. The molecular weight excluding hydrogens is 1090 g/mol. The van der Waals surface area contributed by atoms with Crippen LogP contribution in [0.5, 0.6) is 0 Å². The van der Waals surface area contributed by atoms with Gasteiger partial charge in [0.25, 0.3) is 0 Å². The summed E-state index contributed by atoms with van der Waals surface area (Å²) < 4.78 is 40.9. The molecule has 2 aromatic carbocycles. The average Bonchev–Trinajstić information content (AvgIpc) is 2.72. The number of hydrogen-bond acceptors (Lipinski definition) is 12. The van der Waals surface area contributed by atoms with Crippen LogP contribution in [-0.4, -0.2) is 95.1 Å². The normalized spacial score (nSPS) is 13.7. The highest BCUT2D eigenvalue weighted by atomic mass is 16.5. The zero-order valence-electron chi connectivity index (χ0n) is 55.8. The van der Waals surface area contributed by atoms with Gasteiger partial charge in [0.05, 0.1) is 41.9 Å². The van der Waals surface area contributed by atoms with Crippen molar-refractivity contribution in [3.8, 4) is 6.07 Å². The Labute approximate surface area is 529 Å². The number of unbranched alkanes of at least 4 members (excludes halogenated alkanes) is 22. The molecular formula is C74H123NO12. The minimum Gasteiger partial charge on any atom is -0.481 e. The van der Waals surface area contributed by atoms with Crippen molar-refractivity contribution in [3.05, 3.63) is 71.8 Å². The van der Waals surface area contributed by atoms with E-state index in [1.165, 1.54) is 103 Å². The topological polar surface area (TPSA) is 177 Å². The quantitative estimate of drug-likeness (QED) is 0.0376. The van der Waals surface area contributed by atoms with E-state index < -0.39 is 52.5 Å².